The zero-order valence-electron chi connectivity index (χ0n) is 19.7. The molecule has 2 N–H and O–H groups in total. The highest BCUT2D eigenvalue weighted by molar-refractivity contribution is 7.90. The third kappa shape index (κ3) is 8.26. The molecule has 0 saturated carbocycles. The Morgan fingerprint density at radius 1 is 1.03 bits per heavy atom. The van der Waals surface area contributed by atoms with E-state index < -0.39 is 21.9 Å². The second-order valence-corrected chi connectivity index (χ2v) is 9.72. The summed E-state index contributed by atoms with van der Waals surface area (Å²) in [7, 11) is -4.15. The number of nitrogens with zero attached hydrogens (tertiary/aromatic N) is 1. The average Bonchev–Trinajstić information content (AvgIpc) is 2.81. The van der Waals surface area contributed by atoms with Crippen molar-refractivity contribution in [1.82, 2.24) is 9.71 Å². The van der Waals surface area contributed by atoms with Gasteiger partial charge < -0.3 is 10.1 Å². The monoisotopic (exact) mass is 489 g/mol. The highest BCUT2D eigenvalue weighted by Gasteiger charge is 2.20. The molecule has 10 heteroatoms. The first-order valence-corrected chi connectivity index (χ1v) is 12.7. The van der Waals surface area contributed by atoms with Crippen LogP contribution in [0.3, 0.4) is 0 Å². The van der Waals surface area contributed by atoms with Gasteiger partial charge in [0, 0.05) is 18.3 Å². The van der Waals surface area contributed by atoms with Crippen molar-refractivity contribution >= 4 is 33.5 Å². The number of hydrogen-bond acceptors (Lipinski definition) is 7. The molecule has 9 nitrogen and oxygen atoms in total. The van der Waals surface area contributed by atoms with Gasteiger partial charge in [0.1, 0.15) is 5.69 Å². The SMILES string of the molecule is CCCCC(C)COC(=O)c1ccc(C(=O)NS(=O)(=O)c2ccc(NC(=O)CCC)cc2)cn1. The summed E-state index contributed by atoms with van der Waals surface area (Å²) in [5.74, 6) is -1.42. The molecule has 1 atom stereocenters. The summed E-state index contributed by atoms with van der Waals surface area (Å²) < 4.78 is 32.3. The van der Waals surface area contributed by atoms with E-state index in [0.717, 1.165) is 25.5 Å². The average molecular weight is 490 g/mol. The van der Waals surface area contributed by atoms with Crippen LogP contribution in [0.1, 0.15) is 73.7 Å². The second kappa shape index (κ2) is 12.8. The van der Waals surface area contributed by atoms with E-state index in [1.165, 1.54) is 36.4 Å². The van der Waals surface area contributed by atoms with Crippen molar-refractivity contribution in [3.05, 3.63) is 53.9 Å². The molecular formula is C24H31N3O6S. The number of amides is 2. The van der Waals surface area contributed by atoms with Crippen molar-refractivity contribution in [2.24, 2.45) is 5.92 Å². The second-order valence-electron chi connectivity index (χ2n) is 8.04. The summed E-state index contributed by atoms with van der Waals surface area (Å²) in [4.78, 5) is 40.0. The Bertz CT molecular complexity index is 1080. The molecule has 0 saturated heterocycles. The number of carbonyl (C=O) groups excluding carboxylic acids is 3. The Labute approximate surface area is 200 Å². The van der Waals surface area contributed by atoms with Gasteiger partial charge in [0.25, 0.3) is 15.9 Å². The van der Waals surface area contributed by atoms with Gasteiger partial charge in [-0.05, 0) is 55.2 Å². The van der Waals surface area contributed by atoms with E-state index in [-0.39, 0.29) is 34.6 Å². The normalized spacial score (nSPS) is 12.0. The lowest BCUT2D eigenvalue weighted by atomic mass is 10.1. The molecule has 1 aromatic heterocycles. The Morgan fingerprint density at radius 3 is 2.32 bits per heavy atom. The zero-order valence-corrected chi connectivity index (χ0v) is 20.5. The van der Waals surface area contributed by atoms with Crippen LogP contribution in [0.5, 0.6) is 0 Å². The van der Waals surface area contributed by atoms with E-state index in [1.807, 2.05) is 18.6 Å². The lowest BCUT2D eigenvalue weighted by Gasteiger charge is -2.11. The molecule has 0 spiro atoms. The molecule has 0 fully saturated rings. The Hall–Kier alpha value is -3.27. The number of benzene rings is 1. The van der Waals surface area contributed by atoms with E-state index >= 15 is 0 Å². The number of ether oxygens (including phenoxy) is 1. The fraction of sp³-hybridized carbons (Fsp3) is 0.417. The van der Waals surface area contributed by atoms with Gasteiger partial charge in [0.05, 0.1) is 17.1 Å². The Kier molecular flexibility index (Phi) is 10.2. The predicted molar refractivity (Wildman–Crippen MR) is 128 cm³/mol. The summed E-state index contributed by atoms with van der Waals surface area (Å²) in [5, 5.41) is 2.66. The Morgan fingerprint density at radius 2 is 1.74 bits per heavy atom. The number of pyridine rings is 1. The minimum atomic E-state index is -4.15. The summed E-state index contributed by atoms with van der Waals surface area (Å²) in [6.07, 6.45) is 5.26. The van der Waals surface area contributed by atoms with E-state index in [0.29, 0.717) is 18.5 Å². The fourth-order valence-electron chi connectivity index (χ4n) is 2.98. The lowest BCUT2D eigenvalue weighted by molar-refractivity contribution is -0.116. The molecule has 0 aliphatic heterocycles. The minimum Gasteiger partial charge on any atom is -0.461 e. The standard InChI is InChI=1S/C24H31N3O6S/c1-4-6-8-17(3)16-33-24(30)21-14-9-18(15-25-21)23(29)27-34(31,32)20-12-10-19(11-13-20)26-22(28)7-5-2/h9-15,17H,4-8,16H2,1-3H3,(H,26,28)(H,27,29). The number of sulfonamides is 1. The van der Waals surface area contributed by atoms with Crippen LogP contribution >= 0.6 is 0 Å². The predicted octanol–water partition coefficient (Wildman–Crippen LogP) is 3.92. The largest absolute Gasteiger partial charge is 0.461 e. The summed E-state index contributed by atoms with van der Waals surface area (Å²) in [5.41, 5.74) is 0.456. The molecule has 2 rings (SSSR count). The third-order valence-corrected chi connectivity index (χ3v) is 6.28. The minimum absolute atomic E-state index is 0.0279. The van der Waals surface area contributed by atoms with Crippen LogP contribution in [0.4, 0.5) is 5.69 Å². The van der Waals surface area contributed by atoms with Crippen LogP contribution in [0.25, 0.3) is 0 Å². The van der Waals surface area contributed by atoms with Gasteiger partial charge >= 0.3 is 5.97 Å². The smallest absolute Gasteiger partial charge is 0.356 e. The molecule has 1 aromatic carbocycles. The maximum absolute atomic E-state index is 12.5. The topological polar surface area (TPSA) is 132 Å². The number of aromatic nitrogens is 1. The number of hydrogen-bond donors (Lipinski definition) is 2. The fourth-order valence-corrected chi connectivity index (χ4v) is 3.96. The van der Waals surface area contributed by atoms with Gasteiger partial charge in [-0.2, -0.15) is 0 Å². The molecule has 0 bridgehead atoms. The van der Waals surface area contributed by atoms with Crippen molar-refractivity contribution in [1.29, 1.82) is 0 Å². The van der Waals surface area contributed by atoms with Gasteiger partial charge in [-0.15, -0.1) is 0 Å². The lowest BCUT2D eigenvalue weighted by Crippen LogP contribution is -2.30. The van der Waals surface area contributed by atoms with Gasteiger partial charge in [-0.3, -0.25) is 9.59 Å². The van der Waals surface area contributed by atoms with E-state index in [4.69, 9.17) is 4.74 Å². The summed E-state index contributed by atoms with van der Waals surface area (Å²) >= 11 is 0. The van der Waals surface area contributed by atoms with Gasteiger partial charge in [0.15, 0.2) is 0 Å². The summed E-state index contributed by atoms with van der Waals surface area (Å²) in [6.45, 7) is 6.25. The molecule has 1 heterocycles. The molecule has 34 heavy (non-hydrogen) atoms. The van der Waals surface area contributed by atoms with Crippen LogP contribution in [0.15, 0.2) is 47.5 Å². The highest BCUT2D eigenvalue weighted by Crippen LogP contribution is 2.15. The number of esters is 1. The molecule has 0 aliphatic rings. The molecule has 184 valence electrons. The molecule has 0 radical (unpaired) electrons. The van der Waals surface area contributed by atoms with Gasteiger partial charge in [0.2, 0.25) is 5.91 Å². The molecule has 2 aromatic rings. The van der Waals surface area contributed by atoms with Gasteiger partial charge in [-0.25, -0.2) is 22.9 Å². The first kappa shape index (κ1) is 27.0. The van der Waals surface area contributed by atoms with Gasteiger partial charge in [-0.1, -0.05) is 33.6 Å². The van der Waals surface area contributed by atoms with Crippen LogP contribution in [0, 0.1) is 5.92 Å². The first-order chi connectivity index (χ1) is 16.2. The molecule has 0 aliphatic carbocycles. The molecule has 1 unspecified atom stereocenters. The van der Waals surface area contributed by atoms with Crippen molar-refractivity contribution in [2.75, 3.05) is 11.9 Å². The Balaban J connectivity index is 1.96. The summed E-state index contributed by atoms with van der Waals surface area (Å²) in [6, 6.07) is 8.08. The number of unbranched alkanes of at least 4 members (excludes halogenated alkanes) is 1. The number of rotatable bonds is 12. The van der Waals surface area contributed by atoms with E-state index in [1.54, 1.807) is 0 Å². The van der Waals surface area contributed by atoms with Crippen molar-refractivity contribution in [3.63, 3.8) is 0 Å². The van der Waals surface area contributed by atoms with E-state index in [9.17, 15) is 22.8 Å². The van der Waals surface area contributed by atoms with Crippen molar-refractivity contribution < 1.29 is 27.5 Å². The van der Waals surface area contributed by atoms with E-state index in [2.05, 4.69) is 17.2 Å². The third-order valence-electron chi connectivity index (χ3n) is 4.94. The highest BCUT2D eigenvalue weighted by atomic mass is 32.2. The maximum Gasteiger partial charge on any atom is 0.356 e. The number of nitrogens with one attached hydrogen (secondary N) is 2. The molecular weight excluding hydrogens is 458 g/mol. The van der Waals surface area contributed by atoms with Crippen molar-refractivity contribution in [3.8, 4) is 0 Å². The van der Waals surface area contributed by atoms with Crippen LogP contribution in [0.2, 0.25) is 0 Å². The van der Waals surface area contributed by atoms with Crippen molar-refractivity contribution in [2.45, 2.75) is 57.8 Å². The first-order valence-electron chi connectivity index (χ1n) is 11.3. The maximum atomic E-state index is 12.5. The number of anilines is 1. The zero-order chi connectivity index (χ0) is 25.1. The van der Waals surface area contributed by atoms with Crippen LogP contribution in [-0.2, 0) is 19.6 Å². The number of carbonyl (C=O) groups is 3. The van der Waals surface area contributed by atoms with Crippen LogP contribution < -0.4 is 10.0 Å². The van der Waals surface area contributed by atoms with Crippen LogP contribution in [-0.4, -0.2) is 37.8 Å². The molecule has 2 amide bonds. The quantitative estimate of drug-likeness (QED) is 0.432.